The van der Waals surface area contributed by atoms with Crippen LogP contribution in [0.3, 0.4) is 0 Å². The number of rotatable bonds is 13. The molecule has 2 aromatic rings. The zero-order valence-corrected chi connectivity index (χ0v) is 24.8. The number of ether oxygens (including phenoxy) is 1. The first-order valence-electron chi connectivity index (χ1n) is 14.5. The van der Waals surface area contributed by atoms with Gasteiger partial charge in [-0.25, -0.2) is 19.4 Å². The summed E-state index contributed by atoms with van der Waals surface area (Å²) in [5, 5.41) is 13.2. The van der Waals surface area contributed by atoms with Gasteiger partial charge in [0.15, 0.2) is 5.82 Å². The van der Waals surface area contributed by atoms with Gasteiger partial charge in [0.2, 0.25) is 5.95 Å². The van der Waals surface area contributed by atoms with E-state index in [0.717, 1.165) is 18.4 Å². The number of aliphatic carboxylic acids is 1. The van der Waals surface area contributed by atoms with Crippen LogP contribution in [0.2, 0.25) is 0 Å². The lowest BCUT2D eigenvalue weighted by Crippen LogP contribution is -2.44. The minimum absolute atomic E-state index is 0.135. The van der Waals surface area contributed by atoms with Gasteiger partial charge in [-0.15, -0.1) is 0 Å². The number of amides is 3. The Morgan fingerprint density at radius 2 is 1.61 bits per heavy atom. The highest BCUT2D eigenvalue weighted by Gasteiger charge is 2.27. The number of likely N-dealkylation sites (tertiary alicyclic amines) is 1. The molecule has 1 saturated heterocycles. The fourth-order valence-corrected chi connectivity index (χ4v) is 4.76. The first-order valence-corrected chi connectivity index (χ1v) is 14.5. The molecule has 0 radical (unpaired) electrons. The summed E-state index contributed by atoms with van der Waals surface area (Å²) >= 11 is 0. The van der Waals surface area contributed by atoms with Gasteiger partial charge in [0.25, 0.3) is 0 Å². The van der Waals surface area contributed by atoms with Crippen LogP contribution in [0.4, 0.5) is 27.0 Å². The van der Waals surface area contributed by atoms with E-state index >= 15 is 0 Å². The maximum absolute atomic E-state index is 13.3. The third kappa shape index (κ3) is 7.99. The Hall–Kier alpha value is -4.09. The van der Waals surface area contributed by atoms with Gasteiger partial charge in [-0.3, -0.25) is 4.90 Å². The SMILES string of the molecule is CCN(CC)C(=O)N(CC)c1cnc(N(CC)CC)nc1N[C@@H](Cc1ccc(OC(=O)N2CCCC2)cc1)C(=O)O. The number of urea groups is 1. The molecule has 1 fully saturated rings. The average molecular weight is 570 g/mol. The van der Waals surface area contributed by atoms with E-state index in [1.54, 1.807) is 45.2 Å². The molecular weight excluding hydrogens is 526 g/mol. The number of carbonyl (C=O) groups excluding carboxylic acids is 2. The number of carbonyl (C=O) groups is 3. The third-order valence-corrected chi connectivity index (χ3v) is 7.22. The first-order chi connectivity index (χ1) is 19.8. The number of aromatic nitrogens is 2. The van der Waals surface area contributed by atoms with Crippen molar-refractivity contribution in [2.24, 2.45) is 0 Å². The molecule has 0 aliphatic carbocycles. The minimum Gasteiger partial charge on any atom is -0.480 e. The van der Waals surface area contributed by atoms with E-state index < -0.39 is 12.0 Å². The highest BCUT2D eigenvalue weighted by atomic mass is 16.6. The molecule has 2 N–H and O–H groups in total. The van der Waals surface area contributed by atoms with Crippen molar-refractivity contribution in [1.82, 2.24) is 19.8 Å². The zero-order chi connectivity index (χ0) is 29.9. The number of nitrogens with zero attached hydrogens (tertiary/aromatic N) is 6. The van der Waals surface area contributed by atoms with Gasteiger partial charge in [-0.2, -0.15) is 4.98 Å². The Labute approximate surface area is 242 Å². The van der Waals surface area contributed by atoms with Gasteiger partial charge < -0.3 is 29.9 Å². The predicted octanol–water partition coefficient (Wildman–Crippen LogP) is 4.31. The molecule has 41 heavy (non-hydrogen) atoms. The van der Waals surface area contributed by atoms with Crippen LogP contribution in [0.25, 0.3) is 0 Å². The maximum Gasteiger partial charge on any atom is 0.415 e. The predicted molar refractivity (Wildman–Crippen MR) is 159 cm³/mol. The largest absolute Gasteiger partial charge is 0.480 e. The molecule has 2 heterocycles. The molecule has 1 atom stereocenters. The van der Waals surface area contributed by atoms with E-state index in [-0.39, 0.29) is 24.4 Å². The van der Waals surface area contributed by atoms with Crippen molar-refractivity contribution in [2.75, 3.05) is 60.9 Å². The van der Waals surface area contributed by atoms with Crippen molar-refractivity contribution in [3.05, 3.63) is 36.0 Å². The summed E-state index contributed by atoms with van der Waals surface area (Å²) in [6.45, 7) is 13.8. The Balaban J connectivity index is 1.87. The fraction of sp³-hybridized carbons (Fsp3) is 0.552. The lowest BCUT2D eigenvalue weighted by molar-refractivity contribution is -0.137. The van der Waals surface area contributed by atoms with Gasteiger partial charge in [0.05, 0.1) is 6.20 Å². The number of benzene rings is 1. The number of carboxylic acid groups (broad SMARTS) is 1. The molecule has 12 heteroatoms. The van der Waals surface area contributed by atoms with Crippen LogP contribution in [0.15, 0.2) is 30.5 Å². The topological polar surface area (TPSA) is 131 Å². The number of hydrogen-bond acceptors (Lipinski definition) is 8. The van der Waals surface area contributed by atoms with Crippen molar-refractivity contribution >= 4 is 35.5 Å². The van der Waals surface area contributed by atoms with Gasteiger partial charge in [0.1, 0.15) is 17.5 Å². The van der Waals surface area contributed by atoms with Crippen molar-refractivity contribution in [2.45, 2.75) is 59.9 Å². The van der Waals surface area contributed by atoms with Crippen molar-refractivity contribution in [1.29, 1.82) is 0 Å². The third-order valence-electron chi connectivity index (χ3n) is 7.22. The number of hydrogen-bond donors (Lipinski definition) is 2. The zero-order valence-electron chi connectivity index (χ0n) is 24.8. The highest BCUT2D eigenvalue weighted by molar-refractivity contribution is 5.95. The molecule has 0 saturated carbocycles. The van der Waals surface area contributed by atoms with E-state index in [1.807, 2.05) is 39.5 Å². The van der Waals surface area contributed by atoms with E-state index in [4.69, 9.17) is 9.72 Å². The quantitative estimate of drug-likeness (QED) is 0.362. The molecule has 1 aromatic carbocycles. The molecule has 0 unspecified atom stereocenters. The minimum atomic E-state index is -1.07. The lowest BCUT2D eigenvalue weighted by Gasteiger charge is -2.30. The molecule has 0 bridgehead atoms. The van der Waals surface area contributed by atoms with Gasteiger partial charge in [-0.05, 0) is 65.2 Å². The summed E-state index contributed by atoms with van der Waals surface area (Å²) in [5.41, 5.74) is 1.15. The molecule has 12 nitrogen and oxygen atoms in total. The molecule has 224 valence electrons. The number of nitrogens with one attached hydrogen (secondary N) is 1. The van der Waals surface area contributed by atoms with E-state index in [0.29, 0.717) is 63.2 Å². The summed E-state index contributed by atoms with van der Waals surface area (Å²) < 4.78 is 5.46. The van der Waals surface area contributed by atoms with Crippen molar-refractivity contribution in [3.8, 4) is 5.75 Å². The highest BCUT2D eigenvalue weighted by Crippen LogP contribution is 2.28. The Kier molecular flexibility index (Phi) is 11.5. The first kappa shape index (κ1) is 31.4. The van der Waals surface area contributed by atoms with Crippen LogP contribution >= 0.6 is 0 Å². The lowest BCUT2D eigenvalue weighted by atomic mass is 10.1. The summed E-state index contributed by atoms with van der Waals surface area (Å²) in [4.78, 5) is 54.1. The molecule has 3 amide bonds. The smallest absolute Gasteiger partial charge is 0.415 e. The van der Waals surface area contributed by atoms with Crippen LogP contribution in [0.1, 0.15) is 53.0 Å². The van der Waals surface area contributed by atoms with Crippen LogP contribution in [0, 0.1) is 0 Å². The Morgan fingerprint density at radius 1 is 0.976 bits per heavy atom. The van der Waals surface area contributed by atoms with Gasteiger partial charge in [-0.1, -0.05) is 12.1 Å². The molecular formula is C29H43N7O5. The van der Waals surface area contributed by atoms with Crippen LogP contribution in [-0.4, -0.2) is 94.8 Å². The molecule has 1 aromatic heterocycles. The molecule has 1 aliphatic rings. The monoisotopic (exact) mass is 569 g/mol. The van der Waals surface area contributed by atoms with E-state index in [9.17, 15) is 19.5 Å². The normalized spacial score (nSPS) is 13.4. The number of carboxylic acids is 1. The Bertz CT molecular complexity index is 1160. The van der Waals surface area contributed by atoms with Crippen LogP contribution in [-0.2, 0) is 11.2 Å². The van der Waals surface area contributed by atoms with Crippen LogP contribution in [0.5, 0.6) is 5.75 Å². The summed E-state index contributed by atoms with van der Waals surface area (Å²) in [6, 6.07) is 5.57. The van der Waals surface area contributed by atoms with Gasteiger partial charge in [0, 0.05) is 52.2 Å². The molecule has 1 aliphatic heterocycles. The second kappa shape index (κ2) is 15.1. The second-order valence-corrected chi connectivity index (χ2v) is 9.72. The Morgan fingerprint density at radius 3 is 2.15 bits per heavy atom. The van der Waals surface area contributed by atoms with E-state index in [2.05, 4.69) is 10.3 Å². The molecule has 0 spiro atoms. The van der Waals surface area contributed by atoms with Crippen molar-refractivity contribution < 1.29 is 24.2 Å². The van der Waals surface area contributed by atoms with E-state index in [1.165, 1.54) is 0 Å². The number of anilines is 3. The van der Waals surface area contributed by atoms with Gasteiger partial charge >= 0.3 is 18.1 Å². The maximum atomic E-state index is 13.3. The van der Waals surface area contributed by atoms with Crippen molar-refractivity contribution in [3.63, 3.8) is 0 Å². The standard InChI is InChI=1S/C29H43N7O5/c1-6-33(7-2)27-30-20-24(36(10-5)28(39)34(8-3)9-4)25(32-27)31-23(26(37)38)19-21-13-15-22(16-14-21)41-29(40)35-17-11-12-18-35/h13-16,20,23H,6-12,17-19H2,1-5H3,(H,37,38)(H,30,31,32)/t23-/m0/s1. The molecule has 3 rings (SSSR count). The average Bonchev–Trinajstić information content (AvgIpc) is 3.52. The van der Waals surface area contributed by atoms with Crippen LogP contribution < -0.4 is 19.9 Å². The summed E-state index contributed by atoms with van der Waals surface area (Å²) in [6.07, 6.45) is 3.29. The summed E-state index contributed by atoms with van der Waals surface area (Å²) in [5.74, 6) is 0.0521. The second-order valence-electron chi connectivity index (χ2n) is 9.72. The fourth-order valence-electron chi connectivity index (χ4n) is 4.76. The summed E-state index contributed by atoms with van der Waals surface area (Å²) in [7, 11) is 0.